The van der Waals surface area contributed by atoms with E-state index in [9.17, 15) is 22.8 Å². The number of nitrogens with zero attached hydrogens (tertiary/aromatic N) is 2. The molecule has 202 valence electrons. The van der Waals surface area contributed by atoms with Gasteiger partial charge in [0.05, 0.1) is 30.2 Å². The van der Waals surface area contributed by atoms with Crippen LogP contribution >= 0.6 is 0 Å². The first kappa shape index (κ1) is 27.7. The summed E-state index contributed by atoms with van der Waals surface area (Å²) in [5.41, 5.74) is 2.04. The Hall–Kier alpha value is -4.28. The molecule has 0 aromatic heterocycles. The number of carbonyl (C=O) groups excluding carboxylic acids is 2. The van der Waals surface area contributed by atoms with E-state index in [4.69, 9.17) is 4.74 Å². The molecular formula is C29H27F3N4O3. The monoisotopic (exact) mass is 536 g/mol. The molecular weight excluding hydrogens is 509 g/mol. The van der Waals surface area contributed by atoms with E-state index in [-0.39, 0.29) is 17.5 Å². The number of halogens is 3. The van der Waals surface area contributed by atoms with Crippen LogP contribution in [0.1, 0.15) is 22.7 Å². The van der Waals surface area contributed by atoms with Crippen molar-refractivity contribution >= 4 is 41.7 Å². The second kappa shape index (κ2) is 12.5. The average molecular weight is 537 g/mol. The lowest BCUT2D eigenvalue weighted by molar-refractivity contribution is -0.137. The summed E-state index contributed by atoms with van der Waals surface area (Å²) in [6.45, 7) is 5.47. The number of hydrogen-bond acceptors (Lipinski definition) is 5. The number of carbonyl (C=O) groups is 2. The Labute approximate surface area is 224 Å². The van der Waals surface area contributed by atoms with Crippen LogP contribution in [0.2, 0.25) is 0 Å². The van der Waals surface area contributed by atoms with Crippen molar-refractivity contribution in [2.24, 2.45) is 4.99 Å². The van der Waals surface area contributed by atoms with Gasteiger partial charge in [-0.15, -0.1) is 0 Å². The quantitative estimate of drug-likeness (QED) is 0.286. The number of ether oxygens (including phenoxy) is 1. The summed E-state index contributed by atoms with van der Waals surface area (Å²) in [6, 6.07) is 17.9. The SMILES string of the molecule is C=Nc1ccccc1NC(=O)/C=C/c1ccc(C(C(=O)Nc2ccc(C(F)(F)F)cc2)N2CCOCC2)cc1. The Morgan fingerprint density at radius 1 is 0.949 bits per heavy atom. The second-order valence-electron chi connectivity index (χ2n) is 8.78. The van der Waals surface area contributed by atoms with Crippen molar-refractivity contribution < 1.29 is 27.5 Å². The molecule has 4 rings (SSSR count). The molecule has 3 aromatic rings. The number of benzene rings is 3. The first-order valence-corrected chi connectivity index (χ1v) is 12.2. The lowest BCUT2D eigenvalue weighted by atomic mass is 10.0. The Morgan fingerprint density at radius 2 is 1.62 bits per heavy atom. The van der Waals surface area contributed by atoms with Gasteiger partial charge in [-0.25, -0.2) is 0 Å². The number of alkyl halides is 3. The van der Waals surface area contributed by atoms with Crippen molar-refractivity contribution in [2.75, 3.05) is 36.9 Å². The minimum absolute atomic E-state index is 0.269. The molecule has 0 radical (unpaired) electrons. The van der Waals surface area contributed by atoms with Gasteiger partial charge in [0.1, 0.15) is 6.04 Å². The number of nitrogens with one attached hydrogen (secondary N) is 2. The summed E-state index contributed by atoms with van der Waals surface area (Å²) in [5.74, 6) is -0.703. The molecule has 1 unspecified atom stereocenters. The summed E-state index contributed by atoms with van der Waals surface area (Å²) in [6.07, 6.45) is -1.41. The van der Waals surface area contributed by atoms with Gasteiger partial charge >= 0.3 is 6.18 Å². The molecule has 1 heterocycles. The van der Waals surface area contributed by atoms with Crippen LogP contribution < -0.4 is 10.6 Å². The van der Waals surface area contributed by atoms with Gasteiger partial charge in [0.15, 0.2) is 0 Å². The molecule has 1 aliphatic rings. The highest BCUT2D eigenvalue weighted by Crippen LogP contribution is 2.31. The lowest BCUT2D eigenvalue weighted by Crippen LogP contribution is -2.43. The molecule has 1 saturated heterocycles. The summed E-state index contributed by atoms with van der Waals surface area (Å²) < 4.78 is 44.1. The minimum atomic E-state index is -4.46. The van der Waals surface area contributed by atoms with Crippen molar-refractivity contribution in [3.05, 3.63) is 95.6 Å². The van der Waals surface area contributed by atoms with E-state index in [0.29, 0.717) is 43.2 Å². The van der Waals surface area contributed by atoms with Crippen molar-refractivity contribution in [1.82, 2.24) is 4.90 Å². The summed E-state index contributed by atoms with van der Waals surface area (Å²) in [4.78, 5) is 31.6. The fraction of sp³-hybridized carbons (Fsp3) is 0.207. The van der Waals surface area contributed by atoms with Crippen molar-refractivity contribution in [3.63, 3.8) is 0 Å². The average Bonchev–Trinajstić information content (AvgIpc) is 2.93. The van der Waals surface area contributed by atoms with Crippen LogP contribution in [0.25, 0.3) is 6.08 Å². The predicted octanol–water partition coefficient (Wildman–Crippen LogP) is 5.70. The topological polar surface area (TPSA) is 83.0 Å². The predicted molar refractivity (Wildman–Crippen MR) is 145 cm³/mol. The zero-order chi connectivity index (χ0) is 27.8. The normalized spacial score (nSPS) is 15.1. The summed E-state index contributed by atoms with van der Waals surface area (Å²) in [7, 11) is 0. The van der Waals surface area contributed by atoms with Crippen LogP contribution in [-0.4, -0.2) is 49.7 Å². The zero-order valence-electron chi connectivity index (χ0n) is 20.9. The Bertz CT molecular complexity index is 1330. The fourth-order valence-corrected chi connectivity index (χ4v) is 4.17. The third kappa shape index (κ3) is 7.40. The van der Waals surface area contributed by atoms with Crippen LogP contribution in [0.5, 0.6) is 0 Å². The molecule has 2 amide bonds. The van der Waals surface area contributed by atoms with Crippen LogP contribution in [0, 0.1) is 0 Å². The van der Waals surface area contributed by atoms with E-state index in [2.05, 4.69) is 22.3 Å². The molecule has 1 atom stereocenters. The highest BCUT2D eigenvalue weighted by atomic mass is 19.4. The van der Waals surface area contributed by atoms with Crippen LogP contribution in [0.3, 0.4) is 0 Å². The molecule has 3 aromatic carbocycles. The third-order valence-electron chi connectivity index (χ3n) is 6.15. The second-order valence-corrected chi connectivity index (χ2v) is 8.78. The number of hydrogen-bond donors (Lipinski definition) is 2. The van der Waals surface area contributed by atoms with Gasteiger partial charge in [0, 0.05) is 24.9 Å². The van der Waals surface area contributed by atoms with E-state index in [1.165, 1.54) is 18.2 Å². The van der Waals surface area contributed by atoms with Crippen molar-refractivity contribution in [3.8, 4) is 0 Å². The molecule has 10 heteroatoms. The fourth-order valence-electron chi connectivity index (χ4n) is 4.17. The molecule has 0 aliphatic carbocycles. The molecule has 0 saturated carbocycles. The molecule has 0 bridgehead atoms. The highest BCUT2D eigenvalue weighted by molar-refractivity contribution is 6.03. The van der Waals surface area contributed by atoms with Crippen LogP contribution in [0.4, 0.5) is 30.2 Å². The Morgan fingerprint density at radius 3 is 2.26 bits per heavy atom. The number of morpholine rings is 1. The van der Waals surface area contributed by atoms with Gasteiger partial charge in [-0.3, -0.25) is 19.5 Å². The van der Waals surface area contributed by atoms with Crippen LogP contribution in [-0.2, 0) is 20.5 Å². The third-order valence-corrected chi connectivity index (χ3v) is 6.15. The van der Waals surface area contributed by atoms with Gasteiger partial charge in [0.25, 0.3) is 0 Å². The number of anilines is 2. The van der Waals surface area contributed by atoms with E-state index in [1.807, 2.05) is 4.90 Å². The molecule has 1 fully saturated rings. The number of para-hydroxylation sites is 2. The molecule has 7 nitrogen and oxygen atoms in total. The van der Waals surface area contributed by atoms with E-state index < -0.39 is 17.8 Å². The molecule has 2 N–H and O–H groups in total. The van der Waals surface area contributed by atoms with Gasteiger partial charge in [-0.05, 0) is 60.3 Å². The summed E-state index contributed by atoms with van der Waals surface area (Å²) >= 11 is 0. The minimum Gasteiger partial charge on any atom is -0.379 e. The largest absolute Gasteiger partial charge is 0.416 e. The maximum absolute atomic E-state index is 13.3. The van der Waals surface area contributed by atoms with Crippen LogP contribution in [0.15, 0.2) is 83.9 Å². The maximum atomic E-state index is 13.3. The number of aliphatic imine (C=N–C) groups is 1. The van der Waals surface area contributed by atoms with Gasteiger partial charge < -0.3 is 15.4 Å². The van der Waals surface area contributed by atoms with Gasteiger partial charge in [-0.2, -0.15) is 13.2 Å². The highest BCUT2D eigenvalue weighted by Gasteiger charge is 2.31. The Kier molecular flexibility index (Phi) is 8.90. The first-order valence-electron chi connectivity index (χ1n) is 12.2. The van der Waals surface area contributed by atoms with E-state index >= 15 is 0 Å². The van der Waals surface area contributed by atoms with Crippen molar-refractivity contribution in [2.45, 2.75) is 12.2 Å². The maximum Gasteiger partial charge on any atom is 0.416 e. The lowest BCUT2D eigenvalue weighted by Gasteiger charge is -2.33. The summed E-state index contributed by atoms with van der Waals surface area (Å²) in [5, 5.41) is 5.50. The van der Waals surface area contributed by atoms with Crippen molar-refractivity contribution in [1.29, 1.82) is 0 Å². The smallest absolute Gasteiger partial charge is 0.379 e. The van der Waals surface area contributed by atoms with E-state index in [1.54, 1.807) is 54.6 Å². The molecule has 39 heavy (non-hydrogen) atoms. The Balaban J connectivity index is 1.47. The molecule has 1 aliphatic heterocycles. The van der Waals surface area contributed by atoms with E-state index in [0.717, 1.165) is 17.7 Å². The number of amides is 2. The van der Waals surface area contributed by atoms with Gasteiger partial charge in [-0.1, -0.05) is 36.4 Å². The van der Waals surface area contributed by atoms with Gasteiger partial charge in [0.2, 0.25) is 11.8 Å². The number of rotatable bonds is 8. The standard InChI is InChI=1S/C29H27F3N4O3/c1-33-24-4-2-3-5-25(24)35-26(37)15-8-20-6-9-21(10-7-20)27(36-16-18-39-19-17-36)28(38)34-23-13-11-22(12-14-23)29(30,31)32/h2-15,27H,1,16-19H2,(H,34,38)(H,35,37)/b15-8+. The zero-order valence-corrected chi connectivity index (χ0v) is 20.9. The molecule has 0 spiro atoms. The first-order chi connectivity index (χ1) is 18.7.